The van der Waals surface area contributed by atoms with Crippen LogP contribution in [0.4, 0.5) is 5.82 Å². The first-order valence-corrected chi connectivity index (χ1v) is 10.2. The van der Waals surface area contributed by atoms with Crippen molar-refractivity contribution in [3.8, 4) is 5.75 Å². The van der Waals surface area contributed by atoms with Crippen LogP contribution in [-0.2, 0) is 0 Å². The highest BCUT2D eigenvalue weighted by molar-refractivity contribution is 5.95. The van der Waals surface area contributed by atoms with Gasteiger partial charge in [0, 0.05) is 37.6 Å². The van der Waals surface area contributed by atoms with Crippen molar-refractivity contribution in [2.75, 3.05) is 25.0 Å². The Morgan fingerprint density at radius 2 is 2.17 bits per heavy atom. The summed E-state index contributed by atoms with van der Waals surface area (Å²) in [5.74, 6) is 1.58. The minimum Gasteiger partial charge on any atom is -0.487 e. The number of allylic oxidation sites excluding steroid dienone is 3. The normalized spacial score (nSPS) is 20.8. The molecule has 2 aromatic rings. The van der Waals surface area contributed by atoms with E-state index in [1.165, 1.54) is 5.56 Å². The van der Waals surface area contributed by atoms with Crippen molar-refractivity contribution in [3.05, 3.63) is 84.4 Å². The number of hydrogen-bond donors (Lipinski definition) is 1. The lowest BCUT2D eigenvalue weighted by atomic mass is 10.00. The summed E-state index contributed by atoms with van der Waals surface area (Å²) in [6, 6.07) is 5.78. The summed E-state index contributed by atoms with van der Waals surface area (Å²) in [4.78, 5) is 23.4. The van der Waals surface area contributed by atoms with Gasteiger partial charge >= 0.3 is 0 Å². The van der Waals surface area contributed by atoms with E-state index in [2.05, 4.69) is 21.9 Å². The van der Waals surface area contributed by atoms with Crippen molar-refractivity contribution in [1.29, 1.82) is 0 Å². The quantitative estimate of drug-likeness (QED) is 0.767. The van der Waals surface area contributed by atoms with E-state index in [1.54, 1.807) is 24.7 Å². The van der Waals surface area contributed by atoms with Gasteiger partial charge in [-0.05, 0) is 42.7 Å². The van der Waals surface area contributed by atoms with Crippen LogP contribution in [0.2, 0.25) is 0 Å². The highest BCUT2D eigenvalue weighted by Gasteiger charge is 2.29. The van der Waals surface area contributed by atoms with Crippen LogP contribution >= 0.6 is 0 Å². The molecule has 0 bridgehead atoms. The third kappa shape index (κ3) is 4.27. The number of rotatable bonds is 5. The Balaban J connectivity index is 1.41. The zero-order valence-corrected chi connectivity index (χ0v) is 17.1. The van der Waals surface area contributed by atoms with Crippen molar-refractivity contribution < 1.29 is 9.53 Å². The number of nitrogens with one attached hydrogen (secondary N) is 1. The molecule has 0 aromatic carbocycles. The van der Waals surface area contributed by atoms with Crippen LogP contribution in [0.3, 0.4) is 0 Å². The van der Waals surface area contributed by atoms with Crippen LogP contribution < -0.4 is 10.1 Å². The van der Waals surface area contributed by atoms with Gasteiger partial charge in [-0.2, -0.15) is 0 Å². The monoisotopic (exact) mass is 402 g/mol. The number of likely N-dealkylation sites (tertiary alicyclic amines) is 1. The summed E-state index contributed by atoms with van der Waals surface area (Å²) in [6.07, 6.45) is 14.0. The molecule has 0 radical (unpaired) electrons. The van der Waals surface area contributed by atoms with Crippen molar-refractivity contribution in [2.45, 2.75) is 25.3 Å². The van der Waals surface area contributed by atoms with E-state index < -0.39 is 0 Å². The molecule has 1 fully saturated rings. The zero-order chi connectivity index (χ0) is 20.9. The van der Waals surface area contributed by atoms with E-state index in [1.807, 2.05) is 48.3 Å². The molecule has 6 heteroatoms. The molecule has 4 rings (SSSR count). The predicted octanol–water partition coefficient (Wildman–Crippen LogP) is 3.97. The van der Waals surface area contributed by atoms with Gasteiger partial charge in [0.25, 0.3) is 5.91 Å². The van der Waals surface area contributed by atoms with Crippen LogP contribution in [0.1, 0.15) is 35.2 Å². The Morgan fingerprint density at radius 1 is 1.33 bits per heavy atom. The molecule has 2 aliphatic rings. The number of carbonyl (C=O) groups is 1. The minimum absolute atomic E-state index is 0.00808. The van der Waals surface area contributed by atoms with Gasteiger partial charge < -0.3 is 15.0 Å². The largest absolute Gasteiger partial charge is 0.487 e. The average Bonchev–Trinajstić information content (AvgIpc) is 3.29. The first-order valence-electron chi connectivity index (χ1n) is 10.2. The zero-order valence-electron chi connectivity index (χ0n) is 17.1. The van der Waals surface area contributed by atoms with Gasteiger partial charge in [-0.3, -0.25) is 9.78 Å². The molecule has 0 spiro atoms. The van der Waals surface area contributed by atoms with Crippen molar-refractivity contribution in [2.24, 2.45) is 0 Å². The maximum atomic E-state index is 13.0. The fourth-order valence-electron chi connectivity index (χ4n) is 3.80. The van der Waals surface area contributed by atoms with Gasteiger partial charge in [-0.1, -0.05) is 30.9 Å². The molecule has 30 heavy (non-hydrogen) atoms. The summed E-state index contributed by atoms with van der Waals surface area (Å²) in [6.45, 7) is 7.96. The van der Waals surface area contributed by atoms with Gasteiger partial charge in [0.15, 0.2) is 11.6 Å². The number of amides is 1. The molecule has 0 saturated carbocycles. The molecule has 4 heterocycles. The predicted molar refractivity (Wildman–Crippen MR) is 118 cm³/mol. The number of aromatic nitrogens is 2. The van der Waals surface area contributed by atoms with Gasteiger partial charge in [0.1, 0.15) is 6.61 Å². The van der Waals surface area contributed by atoms with Gasteiger partial charge in [-0.25, -0.2) is 4.98 Å². The maximum Gasteiger partial charge on any atom is 0.255 e. The molecule has 2 aromatic heterocycles. The summed E-state index contributed by atoms with van der Waals surface area (Å²) >= 11 is 0. The van der Waals surface area contributed by atoms with Gasteiger partial charge in [0.2, 0.25) is 0 Å². The van der Waals surface area contributed by atoms with Crippen LogP contribution in [-0.4, -0.2) is 46.5 Å². The highest BCUT2D eigenvalue weighted by atomic mass is 16.5. The summed E-state index contributed by atoms with van der Waals surface area (Å²) in [7, 11) is 0. The van der Waals surface area contributed by atoms with E-state index in [0.29, 0.717) is 36.2 Å². The second kappa shape index (κ2) is 8.95. The van der Waals surface area contributed by atoms with Crippen LogP contribution in [0, 0.1) is 0 Å². The Bertz CT molecular complexity index is 984. The SMILES string of the molecule is C=C(/C=C\C=C/C)[C@H]1COc2cc(C(=O)N3CCC(c4ccncc4)C3)cnc2N1. The van der Waals surface area contributed by atoms with E-state index in [4.69, 9.17) is 4.74 Å². The standard InChI is InChI=1S/C24H26N4O2/c1-3-4-5-6-17(2)21-16-30-22-13-20(14-26-23(22)27-21)24(29)28-12-9-19(15-28)18-7-10-25-11-8-18/h3-8,10-11,13-14,19,21H,2,9,12,15-16H2,1H3,(H,26,27)/b4-3-,6-5-/t19?,21-/m1/s1. The second-order valence-electron chi connectivity index (χ2n) is 7.56. The summed E-state index contributed by atoms with van der Waals surface area (Å²) in [5.41, 5.74) is 2.70. The van der Waals surface area contributed by atoms with E-state index in [-0.39, 0.29) is 11.9 Å². The second-order valence-corrected chi connectivity index (χ2v) is 7.56. The third-order valence-electron chi connectivity index (χ3n) is 5.53. The lowest BCUT2D eigenvalue weighted by Crippen LogP contribution is -2.33. The Hall–Kier alpha value is -3.41. The number of hydrogen-bond acceptors (Lipinski definition) is 5. The topological polar surface area (TPSA) is 67.3 Å². The lowest BCUT2D eigenvalue weighted by molar-refractivity contribution is 0.0790. The van der Waals surface area contributed by atoms with E-state index >= 15 is 0 Å². The molecule has 2 atom stereocenters. The molecular weight excluding hydrogens is 376 g/mol. The van der Waals surface area contributed by atoms with Crippen molar-refractivity contribution in [3.63, 3.8) is 0 Å². The number of fused-ring (bicyclic) bond motifs is 1. The molecule has 1 unspecified atom stereocenters. The van der Waals surface area contributed by atoms with Crippen molar-refractivity contribution in [1.82, 2.24) is 14.9 Å². The fraction of sp³-hybridized carbons (Fsp3) is 0.292. The number of nitrogens with zero attached hydrogens (tertiary/aromatic N) is 3. The first-order chi connectivity index (χ1) is 14.7. The number of anilines is 1. The van der Waals surface area contributed by atoms with Crippen LogP contribution in [0.25, 0.3) is 0 Å². The Morgan fingerprint density at radius 3 is 2.97 bits per heavy atom. The molecule has 154 valence electrons. The molecule has 2 aliphatic heterocycles. The van der Waals surface area contributed by atoms with E-state index in [0.717, 1.165) is 18.5 Å². The van der Waals surface area contributed by atoms with Gasteiger partial charge in [0.05, 0.1) is 11.6 Å². The maximum absolute atomic E-state index is 13.0. The summed E-state index contributed by atoms with van der Waals surface area (Å²) < 4.78 is 5.89. The van der Waals surface area contributed by atoms with Crippen molar-refractivity contribution >= 4 is 11.7 Å². The smallest absolute Gasteiger partial charge is 0.255 e. The molecule has 1 N–H and O–H groups in total. The fourth-order valence-corrected chi connectivity index (χ4v) is 3.80. The Kier molecular flexibility index (Phi) is 5.93. The van der Waals surface area contributed by atoms with Crippen LogP contribution in [0.15, 0.2) is 73.2 Å². The molecule has 6 nitrogen and oxygen atoms in total. The molecule has 0 aliphatic carbocycles. The Labute approximate surface area is 177 Å². The molecule has 1 saturated heterocycles. The van der Waals surface area contributed by atoms with Crippen LogP contribution in [0.5, 0.6) is 5.75 Å². The third-order valence-corrected chi connectivity index (χ3v) is 5.53. The number of ether oxygens (including phenoxy) is 1. The highest BCUT2D eigenvalue weighted by Crippen LogP contribution is 2.31. The molecular formula is C24H26N4O2. The lowest BCUT2D eigenvalue weighted by Gasteiger charge is -2.27. The summed E-state index contributed by atoms with van der Waals surface area (Å²) in [5, 5.41) is 3.35. The average molecular weight is 402 g/mol. The van der Waals surface area contributed by atoms with E-state index in [9.17, 15) is 4.79 Å². The number of pyridine rings is 2. The minimum atomic E-state index is -0.0484. The number of carbonyl (C=O) groups excluding carboxylic acids is 1. The first kappa shape index (κ1) is 19.9. The molecule has 1 amide bonds. The van der Waals surface area contributed by atoms with Gasteiger partial charge in [-0.15, -0.1) is 0 Å².